The smallest absolute Gasteiger partial charge is 0.255 e. The van der Waals surface area contributed by atoms with Crippen LogP contribution in [0.5, 0.6) is 0 Å². The van der Waals surface area contributed by atoms with Crippen LogP contribution in [-0.2, 0) is 16.0 Å². The normalized spacial score (nSPS) is 10.2. The molecular weight excluding hydrogens is 463 g/mol. The molecule has 3 rings (SSSR count). The van der Waals surface area contributed by atoms with Gasteiger partial charge >= 0.3 is 0 Å². The fraction of sp³-hybridized carbons (Fsp3) is 0.192. The Balaban J connectivity index is 1.77. The summed E-state index contributed by atoms with van der Waals surface area (Å²) in [4.78, 5) is 40.1. The highest BCUT2D eigenvalue weighted by Gasteiger charge is 2.16. The fourth-order valence-electron chi connectivity index (χ4n) is 3.39. The number of carbonyl (C=O) groups is 3. The van der Waals surface area contributed by atoms with Gasteiger partial charge < -0.3 is 21.7 Å². The maximum Gasteiger partial charge on any atom is 0.255 e. The van der Waals surface area contributed by atoms with Crippen molar-refractivity contribution in [2.75, 3.05) is 25.0 Å². The second kappa shape index (κ2) is 12.6. The number of carbonyl (C=O) groups excluding carboxylic acids is 3. The maximum absolute atomic E-state index is 13.5. The zero-order valence-electron chi connectivity index (χ0n) is 19.4. The zero-order chi connectivity index (χ0) is 25.9. The molecule has 0 atom stereocenters. The number of rotatable bonds is 11. The van der Waals surface area contributed by atoms with Crippen LogP contribution >= 0.6 is 0 Å². The van der Waals surface area contributed by atoms with E-state index in [1.807, 2.05) is 0 Å². The Morgan fingerprint density at radius 1 is 1.00 bits per heavy atom. The first-order chi connectivity index (χ1) is 17.4. The second-order valence-electron chi connectivity index (χ2n) is 7.81. The summed E-state index contributed by atoms with van der Waals surface area (Å²) >= 11 is 0. The Labute approximate surface area is 207 Å². The van der Waals surface area contributed by atoms with E-state index in [9.17, 15) is 24.0 Å². The molecule has 1 heterocycles. The molecule has 0 unspecified atom stereocenters. The van der Waals surface area contributed by atoms with Crippen LogP contribution in [0.4, 0.5) is 10.2 Å². The number of amides is 3. The molecule has 2 aromatic carbocycles. The maximum atomic E-state index is 13.5. The number of anilines is 1. The first kappa shape index (κ1) is 25.8. The van der Waals surface area contributed by atoms with Gasteiger partial charge in [0.25, 0.3) is 5.91 Å². The minimum atomic E-state index is -0.544. The number of hydrogen-bond donors (Lipinski definition) is 4. The molecule has 0 saturated carbocycles. The summed E-state index contributed by atoms with van der Waals surface area (Å²) in [7, 11) is 0. The van der Waals surface area contributed by atoms with E-state index in [0.29, 0.717) is 29.8 Å². The summed E-state index contributed by atoms with van der Waals surface area (Å²) in [5.41, 5.74) is 7.53. The number of benzene rings is 2. The van der Waals surface area contributed by atoms with Gasteiger partial charge in [0.15, 0.2) is 0 Å². The molecule has 0 aliphatic heterocycles. The van der Waals surface area contributed by atoms with Gasteiger partial charge in [-0.1, -0.05) is 30.3 Å². The molecule has 9 nitrogen and oxygen atoms in total. The van der Waals surface area contributed by atoms with Crippen molar-refractivity contribution >= 4 is 23.5 Å². The number of hydrogen-bond acceptors (Lipinski definition) is 6. The van der Waals surface area contributed by atoms with Crippen LogP contribution in [0.15, 0.2) is 60.7 Å². The van der Waals surface area contributed by atoms with Crippen molar-refractivity contribution in [3.05, 3.63) is 83.2 Å². The van der Waals surface area contributed by atoms with Gasteiger partial charge in [-0.2, -0.15) is 5.26 Å². The zero-order valence-corrected chi connectivity index (χ0v) is 19.4. The predicted octanol–water partition coefficient (Wildman–Crippen LogP) is 2.14. The molecule has 5 N–H and O–H groups in total. The molecular formula is C26H25FN6O3. The van der Waals surface area contributed by atoms with Gasteiger partial charge in [0, 0.05) is 25.1 Å². The lowest BCUT2D eigenvalue weighted by Gasteiger charge is -2.14. The summed E-state index contributed by atoms with van der Waals surface area (Å²) in [6, 6.07) is 18.5. The highest BCUT2D eigenvalue weighted by Crippen LogP contribution is 2.25. The van der Waals surface area contributed by atoms with Crippen LogP contribution in [0.2, 0.25) is 0 Å². The van der Waals surface area contributed by atoms with Gasteiger partial charge in [0.1, 0.15) is 11.6 Å². The highest BCUT2D eigenvalue weighted by molar-refractivity contribution is 6.00. The van der Waals surface area contributed by atoms with E-state index < -0.39 is 17.7 Å². The molecule has 184 valence electrons. The van der Waals surface area contributed by atoms with E-state index in [-0.39, 0.29) is 36.7 Å². The summed E-state index contributed by atoms with van der Waals surface area (Å²) in [5.74, 6) is -1.64. The van der Waals surface area contributed by atoms with Gasteiger partial charge in [0.2, 0.25) is 11.8 Å². The van der Waals surface area contributed by atoms with E-state index in [1.54, 1.807) is 48.5 Å². The molecule has 0 fully saturated rings. The van der Waals surface area contributed by atoms with Gasteiger partial charge in [0.05, 0.1) is 29.4 Å². The number of aromatic nitrogens is 1. The van der Waals surface area contributed by atoms with E-state index in [2.05, 4.69) is 27.0 Å². The first-order valence-corrected chi connectivity index (χ1v) is 11.2. The molecule has 0 saturated heterocycles. The molecule has 0 radical (unpaired) electrons. The van der Waals surface area contributed by atoms with Crippen LogP contribution in [0.25, 0.3) is 11.3 Å². The highest BCUT2D eigenvalue weighted by atomic mass is 19.1. The van der Waals surface area contributed by atoms with Gasteiger partial charge in [-0.15, -0.1) is 0 Å². The average molecular weight is 489 g/mol. The summed E-state index contributed by atoms with van der Waals surface area (Å²) in [5, 5.41) is 17.6. The fourth-order valence-corrected chi connectivity index (χ4v) is 3.39. The third-order valence-electron chi connectivity index (χ3n) is 5.16. The predicted molar refractivity (Wildman–Crippen MR) is 132 cm³/mol. The van der Waals surface area contributed by atoms with Crippen LogP contribution in [0.1, 0.15) is 27.9 Å². The number of halogens is 1. The van der Waals surface area contributed by atoms with Crippen LogP contribution in [-0.4, -0.2) is 42.3 Å². The lowest BCUT2D eigenvalue weighted by Crippen LogP contribution is -2.38. The first-order valence-electron chi connectivity index (χ1n) is 11.2. The molecule has 10 heteroatoms. The molecule has 36 heavy (non-hydrogen) atoms. The van der Waals surface area contributed by atoms with Crippen LogP contribution in [0, 0.1) is 17.1 Å². The second-order valence-corrected chi connectivity index (χ2v) is 7.81. The van der Waals surface area contributed by atoms with Gasteiger partial charge in [-0.25, -0.2) is 9.37 Å². The largest absolute Gasteiger partial charge is 0.370 e. The monoisotopic (exact) mass is 488 g/mol. The summed E-state index contributed by atoms with van der Waals surface area (Å²) < 4.78 is 13.5. The Kier molecular flexibility index (Phi) is 9.06. The van der Waals surface area contributed by atoms with Crippen molar-refractivity contribution < 1.29 is 18.8 Å². The van der Waals surface area contributed by atoms with Crippen molar-refractivity contribution in [1.29, 1.82) is 5.26 Å². The van der Waals surface area contributed by atoms with Crippen LogP contribution in [0.3, 0.4) is 0 Å². The van der Waals surface area contributed by atoms with E-state index in [4.69, 9.17) is 5.73 Å². The van der Waals surface area contributed by atoms with E-state index in [1.165, 1.54) is 12.1 Å². The minimum Gasteiger partial charge on any atom is -0.370 e. The minimum absolute atomic E-state index is 0.00534. The van der Waals surface area contributed by atoms with Crippen molar-refractivity contribution in [2.45, 2.75) is 12.8 Å². The van der Waals surface area contributed by atoms with E-state index in [0.717, 1.165) is 5.56 Å². The van der Waals surface area contributed by atoms with Crippen molar-refractivity contribution in [3.8, 4) is 17.3 Å². The number of nitrogens with two attached hydrogens (primary N) is 1. The van der Waals surface area contributed by atoms with Crippen molar-refractivity contribution in [1.82, 2.24) is 15.6 Å². The molecule has 0 aliphatic rings. The van der Waals surface area contributed by atoms with Gasteiger partial charge in [-0.3, -0.25) is 14.4 Å². The number of nitrogens with one attached hydrogen (secondary N) is 3. The SMILES string of the molecule is N#Cc1ccccc1-c1ccc(C(=O)NCC(=O)NCCC(N)=O)c(NCCc2cccc(F)c2)n1. The van der Waals surface area contributed by atoms with Crippen molar-refractivity contribution in [3.63, 3.8) is 0 Å². The van der Waals surface area contributed by atoms with Gasteiger partial charge in [-0.05, 0) is 42.3 Å². The lowest BCUT2D eigenvalue weighted by molar-refractivity contribution is -0.120. The number of primary amides is 1. The number of pyridine rings is 1. The topological polar surface area (TPSA) is 150 Å². The Morgan fingerprint density at radius 3 is 2.56 bits per heavy atom. The lowest BCUT2D eigenvalue weighted by atomic mass is 10.0. The third kappa shape index (κ3) is 7.36. The molecule has 0 spiro atoms. The van der Waals surface area contributed by atoms with E-state index >= 15 is 0 Å². The standard InChI is InChI=1S/C26H25FN6O3/c27-19-6-3-4-17(14-19)10-12-31-25-21(26(36)32-16-24(35)30-13-11-23(29)34)8-9-22(33-25)20-7-2-1-5-18(20)15-28/h1-9,14H,10-13,16H2,(H2,29,34)(H,30,35)(H,31,33)(H,32,36). The third-order valence-corrected chi connectivity index (χ3v) is 5.16. The quantitative estimate of drug-likeness (QED) is 0.325. The van der Waals surface area contributed by atoms with Crippen LogP contribution < -0.4 is 21.7 Å². The summed E-state index contributed by atoms with van der Waals surface area (Å²) in [6.07, 6.45) is 0.469. The molecule has 3 aromatic rings. The number of nitriles is 1. The number of nitrogens with zero attached hydrogens (tertiary/aromatic N) is 2. The molecule has 1 aromatic heterocycles. The summed E-state index contributed by atoms with van der Waals surface area (Å²) in [6.45, 7) is 0.124. The molecule has 3 amide bonds. The molecule has 0 aliphatic carbocycles. The Bertz CT molecular complexity index is 1300. The average Bonchev–Trinajstić information content (AvgIpc) is 2.87. The Hall–Kier alpha value is -4.78. The Morgan fingerprint density at radius 2 is 1.81 bits per heavy atom. The van der Waals surface area contributed by atoms with Crippen molar-refractivity contribution in [2.24, 2.45) is 5.73 Å². The molecule has 0 bridgehead atoms.